The third-order valence-electron chi connectivity index (χ3n) is 3.65. The monoisotopic (exact) mass is 276 g/mol. The molecule has 0 saturated carbocycles. The number of nitro groups is 1. The van der Waals surface area contributed by atoms with Gasteiger partial charge in [0.2, 0.25) is 6.79 Å². The average molecular weight is 276 g/mol. The van der Waals surface area contributed by atoms with E-state index in [0.29, 0.717) is 23.1 Å². The molecule has 0 aromatic heterocycles. The Morgan fingerprint density at radius 1 is 1.30 bits per heavy atom. The van der Waals surface area contributed by atoms with E-state index < -0.39 is 4.92 Å². The zero-order valence-corrected chi connectivity index (χ0v) is 11.0. The van der Waals surface area contributed by atoms with Crippen LogP contribution in [0.5, 0.6) is 11.5 Å². The molecule has 20 heavy (non-hydrogen) atoms. The van der Waals surface area contributed by atoms with Gasteiger partial charge in [-0.2, -0.15) is 0 Å². The number of anilines is 1. The molecule has 3 rings (SSSR count). The molecule has 0 saturated heterocycles. The number of nitrogens with zero attached hydrogens (tertiary/aromatic N) is 1. The van der Waals surface area contributed by atoms with Crippen LogP contribution >= 0.6 is 0 Å². The number of rotatable bonds is 4. The highest BCUT2D eigenvalue weighted by molar-refractivity contribution is 5.69. The van der Waals surface area contributed by atoms with Gasteiger partial charge in [-0.25, -0.2) is 0 Å². The molecule has 0 fully saturated rings. The summed E-state index contributed by atoms with van der Waals surface area (Å²) in [6.45, 7) is 0.841. The highest BCUT2D eigenvalue weighted by Gasteiger charge is 2.23. The lowest BCUT2D eigenvalue weighted by Crippen LogP contribution is -2.16. The molecule has 1 aliphatic heterocycles. The summed E-state index contributed by atoms with van der Waals surface area (Å²) < 4.78 is 10.4. The fraction of sp³-hybridized carbons (Fsp3) is 0.429. The SMILES string of the molecule is O=[N+]([O-])c1cc2c(cc1NCC1CC=CCC1)OCO2. The predicted octanol–water partition coefficient (Wildman–Crippen LogP) is 3.09. The minimum Gasteiger partial charge on any atom is -0.454 e. The smallest absolute Gasteiger partial charge is 0.296 e. The first-order chi connectivity index (χ1) is 9.74. The van der Waals surface area contributed by atoms with Crippen molar-refractivity contribution < 1.29 is 14.4 Å². The summed E-state index contributed by atoms with van der Waals surface area (Å²) in [6.07, 6.45) is 7.56. The van der Waals surface area contributed by atoms with E-state index in [0.717, 1.165) is 25.8 Å². The van der Waals surface area contributed by atoms with Crippen LogP contribution in [0.1, 0.15) is 19.3 Å². The van der Waals surface area contributed by atoms with E-state index >= 15 is 0 Å². The lowest BCUT2D eigenvalue weighted by Gasteiger charge is -2.18. The largest absolute Gasteiger partial charge is 0.454 e. The van der Waals surface area contributed by atoms with E-state index in [1.54, 1.807) is 6.07 Å². The van der Waals surface area contributed by atoms with E-state index in [-0.39, 0.29) is 12.5 Å². The maximum atomic E-state index is 11.1. The van der Waals surface area contributed by atoms with Gasteiger partial charge >= 0.3 is 0 Å². The Morgan fingerprint density at radius 2 is 2.10 bits per heavy atom. The number of ether oxygens (including phenoxy) is 2. The average Bonchev–Trinajstić information content (AvgIpc) is 2.92. The van der Waals surface area contributed by atoms with Crippen LogP contribution in [-0.2, 0) is 0 Å². The van der Waals surface area contributed by atoms with Crippen molar-refractivity contribution in [3.8, 4) is 11.5 Å². The Labute approximate surface area is 116 Å². The van der Waals surface area contributed by atoms with Crippen LogP contribution in [0.15, 0.2) is 24.3 Å². The standard InChI is InChI=1S/C14H16N2O4/c17-16(18)12-7-14-13(19-9-20-14)6-11(12)15-8-10-4-2-1-3-5-10/h1-2,6-7,10,15H,3-5,8-9H2. The summed E-state index contributed by atoms with van der Waals surface area (Å²) >= 11 is 0. The Hall–Kier alpha value is -2.24. The minimum atomic E-state index is -0.398. The summed E-state index contributed by atoms with van der Waals surface area (Å²) in [6, 6.07) is 3.07. The van der Waals surface area contributed by atoms with Crippen molar-refractivity contribution in [2.75, 3.05) is 18.7 Å². The van der Waals surface area contributed by atoms with Gasteiger partial charge in [-0.1, -0.05) is 12.2 Å². The molecule has 1 N–H and O–H groups in total. The number of allylic oxidation sites excluding steroid dienone is 2. The van der Waals surface area contributed by atoms with Gasteiger partial charge in [-0.05, 0) is 25.2 Å². The highest BCUT2D eigenvalue weighted by Crippen LogP contribution is 2.40. The van der Waals surface area contributed by atoms with E-state index in [4.69, 9.17) is 9.47 Å². The van der Waals surface area contributed by atoms with Crippen LogP contribution in [0.3, 0.4) is 0 Å². The van der Waals surface area contributed by atoms with Gasteiger partial charge in [0, 0.05) is 12.6 Å². The lowest BCUT2D eigenvalue weighted by molar-refractivity contribution is -0.384. The molecule has 6 heteroatoms. The van der Waals surface area contributed by atoms with Crippen molar-refractivity contribution in [3.63, 3.8) is 0 Å². The number of benzene rings is 1. The van der Waals surface area contributed by atoms with Crippen LogP contribution in [-0.4, -0.2) is 18.3 Å². The summed E-state index contributed by atoms with van der Waals surface area (Å²) in [4.78, 5) is 10.7. The maximum absolute atomic E-state index is 11.1. The normalized spacial score (nSPS) is 19.9. The number of fused-ring (bicyclic) bond motifs is 1. The Kier molecular flexibility index (Phi) is 3.45. The minimum absolute atomic E-state index is 0.0283. The molecule has 6 nitrogen and oxygen atoms in total. The van der Waals surface area contributed by atoms with Crippen molar-refractivity contribution in [1.29, 1.82) is 0 Å². The molecule has 1 unspecified atom stereocenters. The van der Waals surface area contributed by atoms with Gasteiger partial charge in [-0.15, -0.1) is 0 Å². The molecule has 1 aromatic rings. The number of nitrogens with one attached hydrogen (secondary N) is 1. The zero-order chi connectivity index (χ0) is 13.9. The second-order valence-electron chi connectivity index (χ2n) is 5.01. The molecule has 106 valence electrons. The van der Waals surface area contributed by atoms with Gasteiger partial charge in [0.1, 0.15) is 5.69 Å². The van der Waals surface area contributed by atoms with Crippen LogP contribution in [0.25, 0.3) is 0 Å². The summed E-state index contributed by atoms with van der Waals surface area (Å²) in [7, 11) is 0. The lowest BCUT2D eigenvalue weighted by atomic mass is 9.94. The van der Waals surface area contributed by atoms with Crippen LogP contribution in [0.4, 0.5) is 11.4 Å². The first-order valence-corrected chi connectivity index (χ1v) is 6.71. The predicted molar refractivity (Wildman–Crippen MR) is 74.2 cm³/mol. The van der Waals surface area contributed by atoms with Crippen molar-refractivity contribution >= 4 is 11.4 Å². The van der Waals surface area contributed by atoms with Crippen molar-refractivity contribution in [2.45, 2.75) is 19.3 Å². The van der Waals surface area contributed by atoms with E-state index in [2.05, 4.69) is 17.5 Å². The Balaban J connectivity index is 1.77. The van der Waals surface area contributed by atoms with Crippen molar-refractivity contribution in [3.05, 3.63) is 34.4 Å². The zero-order valence-electron chi connectivity index (χ0n) is 11.0. The maximum Gasteiger partial charge on any atom is 0.296 e. The Morgan fingerprint density at radius 3 is 2.80 bits per heavy atom. The third-order valence-corrected chi connectivity index (χ3v) is 3.65. The van der Waals surface area contributed by atoms with Crippen LogP contribution in [0.2, 0.25) is 0 Å². The van der Waals surface area contributed by atoms with Gasteiger partial charge < -0.3 is 14.8 Å². The summed E-state index contributed by atoms with van der Waals surface area (Å²) in [5.74, 6) is 1.51. The first kappa shape index (κ1) is 12.8. The van der Waals surface area contributed by atoms with Crippen molar-refractivity contribution in [2.24, 2.45) is 5.92 Å². The topological polar surface area (TPSA) is 73.6 Å². The van der Waals surface area contributed by atoms with Crippen LogP contribution in [0, 0.1) is 16.0 Å². The van der Waals surface area contributed by atoms with Crippen LogP contribution < -0.4 is 14.8 Å². The van der Waals surface area contributed by atoms with E-state index in [1.807, 2.05) is 0 Å². The molecule has 1 aromatic carbocycles. The van der Waals surface area contributed by atoms with Crippen molar-refractivity contribution in [1.82, 2.24) is 0 Å². The fourth-order valence-electron chi connectivity index (χ4n) is 2.52. The second kappa shape index (κ2) is 5.40. The van der Waals surface area contributed by atoms with E-state index in [9.17, 15) is 10.1 Å². The number of hydrogen-bond donors (Lipinski definition) is 1. The molecule has 0 spiro atoms. The summed E-state index contributed by atoms with van der Waals surface area (Å²) in [5, 5.41) is 14.3. The second-order valence-corrected chi connectivity index (χ2v) is 5.01. The molecule has 1 aliphatic carbocycles. The first-order valence-electron chi connectivity index (χ1n) is 6.71. The third kappa shape index (κ3) is 2.54. The van der Waals surface area contributed by atoms with Gasteiger partial charge in [0.05, 0.1) is 11.0 Å². The van der Waals surface area contributed by atoms with Gasteiger partial charge in [0.25, 0.3) is 5.69 Å². The summed E-state index contributed by atoms with van der Waals surface area (Å²) in [5.41, 5.74) is 0.523. The fourth-order valence-corrected chi connectivity index (χ4v) is 2.52. The number of nitro benzene ring substituents is 1. The van der Waals surface area contributed by atoms with Gasteiger partial charge in [0.15, 0.2) is 11.5 Å². The highest BCUT2D eigenvalue weighted by atomic mass is 16.7. The molecule has 0 bridgehead atoms. The molecule has 1 atom stereocenters. The molecule has 0 radical (unpaired) electrons. The molecule has 0 amide bonds. The van der Waals surface area contributed by atoms with Gasteiger partial charge in [-0.3, -0.25) is 10.1 Å². The Bertz CT molecular complexity index is 556. The molecular formula is C14H16N2O4. The molecular weight excluding hydrogens is 260 g/mol. The molecule has 1 heterocycles. The molecule has 2 aliphatic rings. The quantitative estimate of drug-likeness (QED) is 0.519. The number of hydrogen-bond acceptors (Lipinski definition) is 5. The van der Waals surface area contributed by atoms with E-state index in [1.165, 1.54) is 6.07 Å².